The lowest BCUT2D eigenvalue weighted by Gasteiger charge is -2.41. The van der Waals surface area contributed by atoms with E-state index in [2.05, 4.69) is 13.8 Å². The van der Waals surface area contributed by atoms with E-state index in [1.165, 1.54) is 135 Å². The third kappa shape index (κ3) is 20.9. The van der Waals surface area contributed by atoms with Crippen LogP contribution < -0.4 is 0 Å². The van der Waals surface area contributed by atoms with Gasteiger partial charge in [0.25, 0.3) is 0 Å². The number of carbonyl (C=O) groups excluding carboxylic acids is 1. The van der Waals surface area contributed by atoms with Crippen LogP contribution in [0.4, 0.5) is 0 Å². The predicted molar refractivity (Wildman–Crippen MR) is 180 cm³/mol. The summed E-state index contributed by atoms with van der Waals surface area (Å²) in [6.45, 7) is 4.99. The quantitative estimate of drug-likeness (QED) is 0.0705. The Kier molecular flexibility index (Phi) is 27.0. The maximum absolute atomic E-state index is 13.2. The molecular weight excluding hydrogens is 538 g/mol. The van der Waals surface area contributed by atoms with Gasteiger partial charge < -0.3 is 25.0 Å². The van der Waals surface area contributed by atoms with E-state index >= 15 is 0 Å². The minimum Gasteiger partial charge on any atom is -0.388 e. The Bertz CT molecular complexity index is 618. The number of amides is 1. The number of ether oxygens (including phenoxy) is 1. The molecule has 1 saturated heterocycles. The molecule has 0 aromatic carbocycles. The van der Waals surface area contributed by atoms with Crippen LogP contribution in [0.2, 0.25) is 0 Å². The second-order valence-electron chi connectivity index (χ2n) is 13.4. The van der Waals surface area contributed by atoms with Gasteiger partial charge in [-0.3, -0.25) is 4.79 Å². The van der Waals surface area contributed by atoms with Gasteiger partial charge in [-0.05, 0) is 12.8 Å². The number of carbonyl (C=O) groups is 1. The Morgan fingerprint density at radius 1 is 0.535 bits per heavy atom. The summed E-state index contributed by atoms with van der Waals surface area (Å²) < 4.78 is 5.69. The van der Waals surface area contributed by atoms with Gasteiger partial charge in [-0.1, -0.05) is 174 Å². The monoisotopic (exact) mass is 612 g/mol. The molecule has 4 atom stereocenters. The summed E-state index contributed by atoms with van der Waals surface area (Å²) in [6.07, 6.45) is 30.3. The molecule has 1 rings (SSSR count). The van der Waals surface area contributed by atoms with Crippen molar-refractivity contribution in [3.05, 3.63) is 0 Å². The van der Waals surface area contributed by atoms with E-state index in [1.807, 2.05) is 0 Å². The lowest BCUT2D eigenvalue weighted by atomic mass is 10.0. The first-order chi connectivity index (χ1) is 21.0. The van der Waals surface area contributed by atoms with Gasteiger partial charge in [-0.15, -0.1) is 0 Å². The largest absolute Gasteiger partial charge is 0.388 e. The second-order valence-corrected chi connectivity index (χ2v) is 13.4. The molecule has 0 aromatic heterocycles. The van der Waals surface area contributed by atoms with Gasteiger partial charge in [-0.2, -0.15) is 0 Å². The van der Waals surface area contributed by atoms with Crippen LogP contribution in [0.3, 0.4) is 0 Å². The van der Waals surface area contributed by atoms with E-state index in [0.717, 1.165) is 38.5 Å². The van der Waals surface area contributed by atoms with Crippen LogP contribution >= 0.6 is 0 Å². The van der Waals surface area contributed by atoms with E-state index < -0.39 is 24.5 Å². The highest BCUT2D eigenvalue weighted by Gasteiger charge is 2.41. The number of hydrogen-bond donors (Lipinski definition) is 3. The maximum atomic E-state index is 13.2. The Morgan fingerprint density at radius 2 is 0.884 bits per heavy atom. The number of hydrogen-bond acceptors (Lipinski definition) is 5. The number of aliphatic hydroxyl groups is 3. The Hall–Kier alpha value is -0.690. The first-order valence-electron chi connectivity index (χ1n) is 19.0. The predicted octanol–water partition coefficient (Wildman–Crippen LogP) is 9.22. The summed E-state index contributed by atoms with van der Waals surface area (Å²) in [5.41, 5.74) is 0. The molecule has 0 saturated carbocycles. The summed E-state index contributed by atoms with van der Waals surface area (Å²) in [4.78, 5) is 14.9. The fourth-order valence-electron chi connectivity index (χ4n) is 6.37. The van der Waals surface area contributed by atoms with Crippen molar-refractivity contribution in [3.8, 4) is 0 Å². The number of rotatable bonds is 30. The van der Waals surface area contributed by atoms with Crippen LogP contribution in [0.15, 0.2) is 0 Å². The third-order valence-electron chi connectivity index (χ3n) is 9.35. The number of unbranched alkanes of at least 4 members (excludes halogenated alkanes) is 25. The molecule has 1 aliphatic rings. The molecule has 0 unspecified atom stereocenters. The van der Waals surface area contributed by atoms with E-state index in [0.29, 0.717) is 13.0 Å². The molecule has 1 heterocycles. The van der Waals surface area contributed by atoms with Crippen LogP contribution in [0.5, 0.6) is 0 Å². The van der Waals surface area contributed by atoms with Crippen molar-refractivity contribution < 1.29 is 24.9 Å². The van der Waals surface area contributed by atoms with Crippen LogP contribution in [-0.4, -0.2) is 63.8 Å². The zero-order chi connectivity index (χ0) is 31.4. The van der Waals surface area contributed by atoms with Crippen molar-refractivity contribution in [2.24, 2.45) is 0 Å². The van der Waals surface area contributed by atoms with Gasteiger partial charge in [0, 0.05) is 13.0 Å². The van der Waals surface area contributed by atoms with Crippen molar-refractivity contribution in [2.75, 3.05) is 13.2 Å². The molecule has 6 nitrogen and oxygen atoms in total. The van der Waals surface area contributed by atoms with Gasteiger partial charge in [0.15, 0.2) is 6.23 Å². The standard InChI is InChI=1S/C37H73NO5/c1-3-5-7-9-11-13-15-17-18-19-20-22-24-26-28-30-34(40)38(37-36(42)35(41)33(39)32-43-37)31-29-27-25-23-21-16-14-12-10-8-6-4-2/h33,35-37,39,41-42H,3-32H2,1-2H3/t33-,35-,36+,37+/m0/s1. The molecule has 0 aromatic rings. The van der Waals surface area contributed by atoms with Crippen LogP contribution in [0.1, 0.15) is 194 Å². The molecule has 0 spiro atoms. The molecule has 1 fully saturated rings. The number of nitrogens with zero attached hydrogens (tertiary/aromatic N) is 1. The summed E-state index contributed by atoms with van der Waals surface area (Å²) >= 11 is 0. The molecule has 0 aliphatic carbocycles. The molecule has 1 aliphatic heterocycles. The summed E-state index contributed by atoms with van der Waals surface area (Å²) in [5, 5.41) is 30.7. The Labute approximate surface area is 266 Å². The second kappa shape index (κ2) is 28.8. The normalized spacial score (nSPS) is 20.5. The Balaban J connectivity index is 2.21. The van der Waals surface area contributed by atoms with Gasteiger partial charge in [-0.25, -0.2) is 0 Å². The Morgan fingerprint density at radius 3 is 1.28 bits per heavy atom. The van der Waals surface area contributed by atoms with Gasteiger partial charge in [0.1, 0.15) is 18.3 Å². The minimum atomic E-state index is -1.29. The van der Waals surface area contributed by atoms with Crippen molar-refractivity contribution in [3.63, 3.8) is 0 Å². The topological polar surface area (TPSA) is 90.2 Å². The maximum Gasteiger partial charge on any atom is 0.224 e. The summed E-state index contributed by atoms with van der Waals surface area (Å²) in [6, 6.07) is 0. The van der Waals surface area contributed by atoms with Crippen molar-refractivity contribution in [1.82, 2.24) is 4.90 Å². The lowest BCUT2D eigenvalue weighted by molar-refractivity contribution is -0.228. The highest BCUT2D eigenvalue weighted by atomic mass is 16.5. The molecule has 256 valence electrons. The molecule has 3 N–H and O–H groups in total. The van der Waals surface area contributed by atoms with Crippen molar-refractivity contribution >= 4 is 5.91 Å². The average Bonchev–Trinajstić information content (AvgIpc) is 3.00. The molecule has 1 amide bonds. The smallest absolute Gasteiger partial charge is 0.224 e. The van der Waals surface area contributed by atoms with Crippen LogP contribution in [0, 0.1) is 0 Å². The lowest BCUT2D eigenvalue weighted by Crippen LogP contribution is -2.60. The summed E-state index contributed by atoms with van der Waals surface area (Å²) in [5.74, 6) is -0.00888. The van der Waals surface area contributed by atoms with Crippen LogP contribution in [0.25, 0.3) is 0 Å². The number of aliphatic hydroxyl groups excluding tert-OH is 3. The highest BCUT2D eigenvalue weighted by molar-refractivity contribution is 5.76. The zero-order valence-electron chi connectivity index (χ0n) is 28.6. The van der Waals surface area contributed by atoms with E-state index in [4.69, 9.17) is 4.74 Å². The molecule has 6 heteroatoms. The molecule has 43 heavy (non-hydrogen) atoms. The first kappa shape index (κ1) is 40.3. The van der Waals surface area contributed by atoms with Gasteiger partial charge in [0.05, 0.1) is 6.61 Å². The minimum absolute atomic E-state index is 0.00888. The SMILES string of the molecule is CCCCCCCCCCCCCCCCCC(=O)N(CCCCCCCCCCCCCC)[C@@H]1OC[C@H](O)[C@H](O)[C@H]1O. The molecule has 0 radical (unpaired) electrons. The molecule has 0 bridgehead atoms. The first-order valence-corrected chi connectivity index (χ1v) is 19.0. The fraction of sp³-hybridized carbons (Fsp3) is 0.973. The zero-order valence-corrected chi connectivity index (χ0v) is 28.6. The van der Waals surface area contributed by atoms with E-state index in [1.54, 1.807) is 4.90 Å². The molecular formula is C37H73NO5. The van der Waals surface area contributed by atoms with Gasteiger partial charge in [0.2, 0.25) is 5.91 Å². The average molecular weight is 612 g/mol. The third-order valence-corrected chi connectivity index (χ3v) is 9.35. The fourth-order valence-corrected chi connectivity index (χ4v) is 6.37. The highest BCUT2D eigenvalue weighted by Crippen LogP contribution is 2.22. The van der Waals surface area contributed by atoms with Crippen LogP contribution in [-0.2, 0) is 9.53 Å². The van der Waals surface area contributed by atoms with E-state index in [9.17, 15) is 20.1 Å². The van der Waals surface area contributed by atoms with Crippen molar-refractivity contribution in [2.45, 2.75) is 218 Å². The van der Waals surface area contributed by atoms with Crippen molar-refractivity contribution in [1.29, 1.82) is 0 Å². The summed E-state index contributed by atoms with van der Waals surface area (Å²) in [7, 11) is 0. The van der Waals surface area contributed by atoms with Gasteiger partial charge >= 0.3 is 0 Å². The van der Waals surface area contributed by atoms with E-state index in [-0.39, 0.29) is 12.5 Å².